The van der Waals surface area contributed by atoms with Gasteiger partial charge in [0.25, 0.3) is 0 Å². The maximum Gasteiger partial charge on any atom is 0.181 e. The van der Waals surface area contributed by atoms with E-state index in [1.807, 2.05) is 70.4 Å². The fourth-order valence-corrected chi connectivity index (χ4v) is 5.54. The predicted molar refractivity (Wildman–Crippen MR) is 179 cm³/mol. The number of anilines is 1. The summed E-state index contributed by atoms with van der Waals surface area (Å²) in [5.41, 5.74) is 13.5. The fraction of sp³-hybridized carbons (Fsp3) is 0.265. The number of nitrogens with one attached hydrogen (secondary N) is 3. The Kier molecular flexibility index (Phi) is 8.28. The quantitative estimate of drug-likeness (QED) is 0.126. The van der Waals surface area contributed by atoms with Crippen molar-refractivity contribution < 1.29 is 4.39 Å². The molecule has 0 amide bonds. The second kappa shape index (κ2) is 12.4. The number of benzene rings is 2. The Balaban J connectivity index is 1.36. The van der Waals surface area contributed by atoms with Crippen LogP contribution in [0.4, 0.5) is 10.1 Å². The van der Waals surface area contributed by atoms with E-state index in [-0.39, 0.29) is 11.9 Å². The van der Waals surface area contributed by atoms with Crippen molar-refractivity contribution >= 4 is 39.2 Å². The Morgan fingerprint density at radius 1 is 1.16 bits per heavy atom. The first-order chi connectivity index (χ1) is 21.3. The van der Waals surface area contributed by atoms with Crippen molar-refractivity contribution in [1.29, 1.82) is 0 Å². The van der Waals surface area contributed by atoms with Crippen LogP contribution in [0.3, 0.4) is 0 Å². The molecule has 226 valence electrons. The van der Waals surface area contributed by atoms with E-state index >= 15 is 0 Å². The Labute approximate surface area is 256 Å². The molecular formula is C34H38FN9. The maximum absolute atomic E-state index is 14.7. The van der Waals surface area contributed by atoms with Gasteiger partial charge in [-0.25, -0.2) is 14.4 Å². The molecule has 10 heteroatoms. The molecule has 1 aliphatic heterocycles. The van der Waals surface area contributed by atoms with Crippen LogP contribution in [0.15, 0.2) is 77.9 Å². The molecule has 0 bridgehead atoms. The highest BCUT2D eigenvalue weighted by Crippen LogP contribution is 2.35. The highest BCUT2D eigenvalue weighted by Gasteiger charge is 2.25. The van der Waals surface area contributed by atoms with Gasteiger partial charge in [0.1, 0.15) is 11.7 Å². The van der Waals surface area contributed by atoms with Crippen LogP contribution in [0.1, 0.15) is 19.4 Å². The van der Waals surface area contributed by atoms with Gasteiger partial charge in [0.2, 0.25) is 0 Å². The lowest BCUT2D eigenvalue weighted by atomic mass is 10.0. The zero-order chi connectivity index (χ0) is 30.8. The van der Waals surface area contributed by atoms with Crippen molar-refractivity contribution in [3.8, 4) is 22.5 Å². The molecule has 5 N–H and O–H groups in total. The average Bonchev–Trinajstić information content (AvgIpc) is 3.61. The number of amidine groups is 1. The van der Waals surface area contributed by atoms with Crippen LogP contribution in [0.25, 0.3) is 50.1 Å². The molecule has 44 heavy (non-hydrogen) atoms. The highest BCUT2D eigenvalue weighted by atomic mass is 19.1. The molecule has 3 aromatic heterocycles. The summed E-state index contributed by atoms with van der Waals surface area (Å²) in [4.78, 5) is 17.4. The van der Waals surface area contributed by atoms with Crippen molar-refractivity contribution in [1.82, 2.24) is 30.0 Å². The minimum atomic E-state index is -0.280. The first kappa shape index (κ1) is 29.3. The summed E-state index contributed by atoms with van der Waals surface area (Å²) < 4.78 is 14.7. The van der Waals surface area contributed by atoms with Gasteiger partial charge in [0, 0.05) is 66.0 Å². The first-order valence-corrected chi connectivity index (χ1v) is 14.9. The maximum atomic E-state index is 14.7. The number of nitrogens with zero attached hydrogens (tertiary/aromatic N) is 5. The predicted octanol–water partition coefficient (Wildman–Crippen LogP) is 5.86. The van der Waals surface area contributed by atoms with E-state index in [2.05, 4.69) is 47.4 Å². The second-order valence-corrected chi connectivity index (χ2v) is 11.4. The molecule has 0 atom stereocenters. The number of hydrogen-bond acceptors (Lipinski definition) is 6. The van der Waals surface area contributed by atoms with E-state index in [4.69, 9.17) is 10.7 Å². The molecule has 5 aromatic rings. The summed E-state index contributed by atoms with van der Waals surface area (Å²) in [6.45, 7) is 7.11. The standard InChI is InChI=1S/C34H38FN9/c1-5-8-32(44-19-24(36)20-44)40-29(6-2)22-15-28-33(41-42-34(28)38-18-22)31-17-27-26(9-7-10-30(27)39-31)21-13-23(35)16-25(14-21)37-11-12-43(3)4/h5-10,13-18,24,37,39H,11-12,19-20,36H2,1-4H3,(H,38,41,42)/b8-5+,29-6-,40-32-. The van der Waals surface area contributed by atoms with Crippen LogP contribution in [0.5, 0.6) is 0 Å². The number of hydrogen-bond donors (Lipinski definition) is 4. The van der Waals surface area contributed by atoms with Gasteiger partial charge >= 0.3 is 0 Å². The van der Waals surface area contributed by atoms with E-state index in [0.29, 0.717) is 5.65 Å². The third-order valence-electron chi connectivity index (χ3n) is 7.79. The molecule has 1 saturated heterocycles. The monoisotopic (exact) mass is 591 g/mol. The Morgan fingerprint density at radius 3 is 2.75 bits per heavy atom. The molecule has 2 aromatic carbocycles. The second-order valence-electron chi connectivity index (χ2n) is 11.4. The average molecular weight is 592 g/mol. The molecule has 1 aliphatic rings. The van der Waals surface area contributed by atoms with Gasteiger partial charge < -0.3 is 25.8 Å². The number of aromatic amines is 2. The van der Waals surface area contributed by atoms with Crippen molar-refractivity contribution in [2.24, 2.45) is 10.7 Å². The van der Waals surface area contributed by atoms with Crippen LogP contribution in [-0.4, -0.2) is 82.1 Å². The number of likely N-dealkylation sites (N-methyl/N-ethyl adjacent to an activating group) is 1. The first-order valence-electron chi connectivity index (χ1n) is 14.9. The number of aromatic nitrogens is 4. The smallest absolute Gasteiger partial charge is 0.181 e. The van der Waals surface area contributed by atoms with E-state index < -0.39 is 0 Å². The molecule has 0 aliphatic carbocycles. The van der Waals surface area contributed by atoms with Crippen molar-refractivity contribution in [3.05, 3.63) is 84.3 Å². The molecule has 0 spiro atoms. The van der Waals surface area contributed by atoms with Gasteiger partial charge in [-0.15, -0.1) is 0 Å². The molecule has 0 saturated carbocycles. The highest BCUT2D eigenvalue weighted by molar-refractivity contribution is 6.02. The third kappa shape index (κ3) is 5.99. The summed E-state index contributed by atoms with van der Waals surface area (Å²) in [5, 5.41) is 12.9. The summed E-state index contributed by atoms with van der Waals surface area (Å²) in [5.74, 6) is 0.601. The Bertz CT molecular complexity index is 1890. The lowest BCUT2D eigenvalue weighted by molar-refractivity contribution is 0.256. The number of pyridine rings is 1. The van der Waals surface area contributed by atoms with Gasteiger partial charge in [0.05, 0.1) is 17.1 Å². The van der Waals surface area contributed by atoms with Gasteiger partial charge in [-0.3, -0.25) is 5.10 Å². The molecule has 0 unspecified atom stereocenters. The zero-order valence-corrected chi connectivity index (χ0v) is 25.5. The lowest BCUT2D eigenvalue weighted by Crippen LogP contribution is -2.57. The molecule has 1 fully saturated rings. The van der Waals surface area contributed by atoms with E-state index in [1.54, 1.807) is 12.3 Å². The fourth-order valence-electron chi connectivity index (χ4n) is 5.54. The van der Waals surface area contributed by atoms with Crippen LogP contribution < -0.4 is 11.1 Å². The number of likely N-dealkylation sites (tertiary alicyclic amines) is 1. The molecular weight excluding hydrogens is 553 g/mol. The zero-order valence-electron chi connectivity index (χ0n) is 25.5. The van der Waals surface area contributed by atoms with E-state index in [9.17, 15) is 4.39 Å². The van der Waals surface area contributed by atoms with Crippen molar-refractivity contribution in [3.63, 3.8) is 0 Å². The number of halogens is 1. The normalized spacial score (nSPS) is 14.8. The number of nitrogens with two attached hydrogens (primary N) is 1. The molecule has 0 radical (unpaired) electrons. The topological polar surface area (TPSA) is 114 Å². The molecule has 9 nitrogen and oxygen atoms in total. The minimum absolute atomic E-state index is 0.176. The van der Waals surface area contributed by atoms with Crippen LogP contribution in [-0.2, 0) is 0 Å². The van der Waals surface area contributed by atoms with Gasteiger partial charge in [-0.1, -0.05) is 24.3 Å². The summed E-state index contributed by atoms with van der Waals surface area (Å²) >= 11 is 0. The third-order valence-corrected chi connectivity index (χ3v) is 7.79. The molecule has 4 heterocycles. The van der Waals surface area contributed by atoms with Gasteiger partial charge in [-0.2, -0.15) is 5.10 Å². The summed E-state index contributed by atoms with van der Waals surface area (Å²) in [7, 11) is 4.03. The van der Waals surface area contributed by atoms with Crippen molar-refractivity contribution in [2.75, 3.05) is 45.6 Å². The van der Waals surface area contributed by atoms with E-state index in [1.165, 1.54) is 6.07 Å². The largest absolute Gasteiger partial charge is 0.384 e. The Morgan fingerprint density at radius 2 is 2.00 bits per heavy atom. The SMILES string of the molecule is C\C=C(/N=C(/C=C/C)N1CC(N)C1)c1cnc2n[nH]c(-c3cc4c(-c5cc(F)cc(NCCN(C)C)c5)cccc4[nH]3)c2c1. The number of rotatable bonds is 9. The number of fused-ring (bicyclic) bond motifs is 2. The number of aliphatic imine (C=N–C) groups is 1. The van der Waals surface area contributed by atoms with Crippen molar-refractivity contribution in [2.45, 2.75) is 19.9 Å². The van der Waals surface area contributed by atoms with Crippen LogP contribution in [0, 0.1) is 5.82 Å². The lowest BCUT2D eigenvalue weighted by Gasteiger charge is -2.38. The van der Waals surface area contributed by atoms with E-state index in [0.717, 1.165) is 87.8 Å². The summed E-state index contributed by atoms with van der Waals surface area (Å²) in [6, 6.07) is 15.5. The molecule has 6 rings (SSSR count). The minimum Gasteiger partial charge on any atom is -0.384 e. The number of H-pyrrole nitrogens is 2. The van der Waals surface area contributed by atoms with Gasteiger partial charge in [-0.05, 0) is 81.5 Å². The van der Waals surface area contributed by atoms with Gasteiger partial charge in [0.15, 0.2) is 5.65 Å². The van der Waals surface area contributed by atoms with Crippen LogP contribution >= 0.6 is 0 Å². The number of allylic oxidation sites excluding steroid dienone is 2. The Hall–Kier alpha value is -4.80. The summed E-state index contributed by atoms with van der Waals surface area (Å²) in [6.07, 6.45) is 7.79. The van der Waals surface area contributed by atoms with Crippen LogP contribution in [0.2, 0.25) is 0 Å².